The molecule has 0 radical (unpaired) electrons. The maximum Gasteiger partial charge on any atom is 0.354 e. The fourth-order valence-electron chi connectivity index (χ4n) is 4.32. The molecule has 5 nitrogen and oxygen atoms in total. The van der Waals surface area contributed by atoms with Crippen molar-refractivity contribution in [2.75, 3.05) is 4.90 Å². The van der Waals surface area contributed by atoms with Gasteiger partial charge in [0.2, 0.25) is 0 Å². The second-order valence-corrected chi connectivity index (χ2v) is 8.11. The number of aromatic nitrogens is 2. The quantitative estimate of drug-likeness (QED) is 0.454. The number of carboxylic acids is 1. The number of para-hydroxylation sites is 1. The lowest BCUT2D eigenvalue weighted by molar-refractivity contribution is 0.0690. The van der Waals surface area contributed by atoms with Crippen LogP contribution in [0.2, 0.25) is 0 Å². The molecule has 0 saturated carbocycles. The summed E-state index contributed by atoms with van der Waals surface area (Å²) in [5.41, 5.74) is 5.82. The maximum atomic E-state index is 11.4. The lowest BCUT2D eigenvalue weighted by atomic mass is 9.73. The summed E-state index contributed by atoms with van der Waals surface area (Å²) in [6.07, 6.45) is 1.79. The lowest BCUT2D eigenvalue weighted by Gasteiger charge is -2.41. The van der Waals surface area contributed by atoms with Crippen LogP contribution in [0.15, 0.2) is 85.1 Å². The van der Waals surface area contributed by atoms with Gasteiger partial charge in [0.25, 0.3) is 0 Å². The van der Waals surface area contributed by atoms with Crippen LogP contribution in [0.1, 0.15) is 35.5 Å². The van der Waals surface area contributed by atoms with Gasteiger partial charge in [-0.15, -0.1) is 0 Å². The van der Waals surface area contributed by atoms with Crippen LogP contribution in [0.5, 0.6) is 0 Å². The van der Waals surface area contributed by atoms with Crippen LogP contribution in [0.3, 0.4) is 0 Å². The average Bonchev–Trinajstić information content (AvgIpc) is 2.80. The van der Waals surface area contributed by atoms with E-state index in [1.165, 1.54) is 17.2 Å². The van der Waals surface area contributed by atoms with Gasteiger partial charge >= 0.3 is 5.97 Å². The number of hydrogen-bond donors (Lipinski definition) is 1. The zero-order valence-corrected chi connectivity index (χ0v) is 17.3. The third-order valence-electron chi connectivity index (χ3n) is 5.87. The number of carboxylic acid groups (broad SMARTS) is 1. The highest BCUT2D eigenvalue weighted by atomic mass is 16.4. The number of nitrogens with zero attached hydrogens (tertiary/aromatic N) is 3. The lowest BCUT2D eigenvalue weighted by Crippen LogP contribution is -2.30. The molecule has 2 aromatic carbocycles. The Morgan fingerprint density at radius 3 is 2.42 bits per heavy atom. The minimum Gasteiger partial charge on any atom is -0.477 e. The highest BCUT2D eigenvalue weighted by Gasteiger charge is 2.37. The summed E-state index contributed by atoms with van der Waals surface area (Å²) in [5.74, 6) is -0.207. The minimum atomic E-state index is -1.04. The summed E-state index contributed by atoms with van der Waals surface area (Å²) in [6.45, 7) is 4.45. The molecule has 1 aliphatic heterocycles. The van der Waals surface area contributed by atoms with Gasteiger partial charge in [-0.25, -0.2) is 14.8 Å². The summed E-state index contributed by atoms with van der Waals surface area (Å²) < 4.78 is 0. The molecular formula is C26H21N3O2. The number of benzene rings is 2. The van der Waals surface area contributed by atoms with Crippen molar-refractivity contribution in [2.45, 2.75) is 19.3 Å². The summed E-state index contributed by atoms with van der Waals surface area (Å²) in [4.78, 5) is 22.5. The number of fused-ring (bicyclic) bond motifs is 2. The largest absolute Gasteiger partial charge is 0.477 e. The molecule has 0 spiro atoms. The second-order valence-electron chi connectivity index (χ2n) is 8.11. The molecule has 0 saturated heterocycles. The van der Waals surface area contributed by atoms with Gasteiger partial charge in [0, 0.05) is 17.2 Å². The van der Waals surface area contributed by atoms with Gasteiger partial charge in [0.15, 0.2) is 0 Å². The smallest absolute Gasteiger partial charge is 0.354 e. The standard InChI is InChI=1S/C26H21N3O2/c1-26(2)18-8-3-4-11-22(18)29(24-12-5-6-15-27-24)23-16-17(13-14-19(23)26)20-9-7-10-21(28-20)25(30)31/h3-16H,1-2H3,(H,30,31). The molecule has 5 rings (SSSR count). The van der Waals surface area contributed by atoms with Crippen molar-refractivity contribution in [1.82, 2.24) is 9.97 Å². The van der Waals surface area contributed by atoms with Crippen molar-refractivity contribution in [1.29, 1.82) is 0 Å². The molecule has 1 aliphatic rings. The van der Waals surface area contributed by atoms with E-state index >= 15 is 0 Å². The van der Waals surface area contributed by atoms with Crippen molar-refractivity contribution in [3.8, 4) is 11.3 Å². The third kappa shape index (κ3) is 3.06. The van der Waals surface area contributed by atoms with E-state index in [9.17, 15) is 9.90 Å². The van der Waals surface area contributed by atoms with Crippen LogP contribution >= 0.6 is 0 Å². The molecule has 31 heavy (non-hydrogen) atoms. The molecule has 0 atom stereocenters. The Balaban J connectivity index is 1.75. The van der Waals surface area contributed by atoms with E-state index < -0.39 is 5.97 Å². The Hall–Kier alpha value is -3.99. The normalized spacial score (nSPS) is 13.9. The van der Waals surface area contributed by atoms with Crippen molar-refractivity contribution in [2.24, 2.45) is 0 Å². The number of pyridine rings is 2. The highest BCUT2D eigenvalue weighted by Crippen LogP contribution is 2.51. The number of anilines is 3. The molecule has 152 valence electrons. The van der Waals surface area contributed by atoms with E-state index in [-0.39, 0.29) is 11.1 Å². The molecule has 0 aliphatic carbocycles. The molecule has 0 unspecified atom stereocenters. The zero-order valence-electron chi connectivity index (χ0n) is 17.3. The minimum absolute atomic E-state index is 0.0301. The van der Waals surface area contributed by atoms with Crippen molar-refractivity contribution in [3.63, 3.8) is 0 Å². The van der Waals surface area contributed by atoms with E-state index in [1.54, 1.807) is 12.3 Å². The van der Waals surface area contributed by atoms with Crippen molar-refractivity contribution >= 4 is 23.2 Å². The topological polar surface area (TPSA) is 66.3 Å². The molecular weight excluding hydrogens is 386 g/mol. The van der Waals surface area contributed by atoms with E-state index in [0.717, 1.165) is 22.8 Å². The average molecular weight is 407 g/mol. The van der Waals surface area contributed by atoms with Gasteiger partial charge < -0.3 is 5.11 Å². The number of aromatic carboxylic acids is 1. The van der Waals surface area contributed by atoms with Gasteiger partial charge in [-0.1, -0.05) is 56.3 Å². The molecule has 0 bridgehead atoms. The molecule has 2 aromatic heterocycles. The van der Waals surface area contributed by atoms with Gasteiger partial charge in [-0.2, -0.15) is 0 Å². The van der Waals surface area contributed by atoms with Gasteiger partial charge in [0.1, 0.15) is 11.5 Å². The molecule has 0 amide bonds. The monoisotopic (exact) mass is 407 g/mol. The Labute approximate surface area is 180 Å². The first-order valence-electron chi connectivity index (χ1n) is 10.1. The van der Waals surface area contributed by atoms with E-state index in [0.29, 0.717) is 5.69 Å². The summed E-state index contributed by atoms with van der Waals surface area (Å²) in [6, 6.07) is 25.5. The van der Waals surface area contributed by atoms with Crippen LogP contribution in [0.25, 0.3) is 11.3 Å². The van der Waals surface area contributed by atoms with Crippen LogP contribution in [0.4, 0.5) is 17.2 Å². The number of rotatable bonds is 3. The van der Waals surface area contributed by atoms with Gasteiger partial charge in [-0.05, 0) is 47.5 Å². The van der Waals surface area contributed by atoms with Crippen molar-refractivity contribution < 1.29 is 9.90 Å². The summed E-state index contributed by atoms with van der Waals surface area (Å²) in [5, 5.41) is 9.34. The zero-order chi connectivity index (χ0) is 21.6. The van der Waals surface area contributed by atoms with Crippen LogP contribution < -0.4 is 4.90 Å². The Morgan fingerprint density at radius 1 is 0.871 bits per heavy atom. The Kier molecular flexibility index (Phi) is 4.33. The number of hydrogen-bond acceptors (Lipinski definition) is 4. The first kappa shape index (κ1) is 19.0. The maximum absolute atomic E-state index is 11.4. The van der Waals surface area contributed by atoms with E-state index in [1.807, 2.05) is 36.4 Å². The molecule has 4 aromatic rings. The first-order chi connectivity index (χ1) is 15.0. The predicted octanol–water partition coefficient (Wildman–Crippen LogP) is 5.95. The van der Waals surface area contributed by atoms with Gasteiger partial charge in [0.05, 0.1) is 17.1 Å². The van der Waals surface area contributed by atoms with E-state index in [4.69, 9.17) is 0 Å². The molecule has 5 heteroatoms. The van der Waals surface area contributed by atoms with Crippen LogP contribution in [-0.2, 0) is 5.41 Å². The van der Waals surface area contributed by atoms with Gasteiger partial charge in [-0.3, -0.25) is 4.90 Å². The van der Waals surface area contributed by atoms with Crippen LogP contribution in [0, 0.1) is 0 Å². The number of carbonyl (C=O) groups is 1. The highest BCUT2D eigenvalue weighted by molar-refractivity contribution is 5.88. The summed E-state index contributed by atoms with van der Waals surface area (Å²) >= 11 is 0. The first-order valence-corrected chi connectivity index (χ1v) is 10.1. The van der Waals surface area contributed by atoms with Crippen molar-refractivity contribution in [3.05, 3.63) is 102 Å². The SMILES string of the molecule is CC1(C)c2ccccc2N(c2ccccn2)c2cc(-c3cccc(C(=O)O)n3)ccc21. The molecule has 1 N–H and O–H groups in total. The second kappa shape index (κ2) is 7.06. The fourth-order valence-corrected chi connectivity index (χ4v) is 4.32. The summed E-state index contributed by atoms with van der Waals surface area (Å²) in [7, 11) is 0. The predicted molar refractivity (Wildman–Crippen MR) is 121 cm³/mol. The van der Waals surface area contributed by atoms with E-state index in [2.05, 4.69) is 59.0 Å². The fraction of sp³-hybridized carbons (Fsp3) is 0.115. The van der Waals surface area contributed by atoms with Crippen LogP contribution in [-0.4, -0.2) is 21.0 Å². The molecule has 0 fully saturated rings. The Bertz CT molecular complexity index is 1300. The molecule has 3 heterocycles. The Morgan fingerprint density at radius 2 is 1.65 bits per heavy atom. The third-order valence-corrected chi connectivity index (χ3v) is 5.87.